The highest BCUT2D eigenvalue weighted by atomic mass is 16.5. The molecule has 0 spiro atoms. The predicted octanol–water partition coefficient (Wildman–Crippen LogP) is 5.99. The molecule has 0 saturated heterocycles. The molecule has 0 radical (unpaired) electrons. The number of benzene rings is 3. The maximum Gasteiger partial charge on any atom is 0.119 e. The lowest BCUT2D eigenvalue weighted by molar-refractivity contribution is 0.303. The lowest BCUT2D eigenvalue weighted by atomic mass is 10.1. The van der Waals surface area contributed by atoms with Gasteiger partial charge in [-0.25, -0.2) is 4.98 Å². The normalized spacial score (nSPS) is 11.1. The van der Waals surface area contributed by atoms with Crippen LogP contribution in [0.1, 0.15) is 29.8 Å². The smallest absolute Gasteiger partial charge is 0.119 e. The van der Waals surface area contributed by atoms with Crippen molar-refractivity contribution >= 4 is 11.0 Å². The number of rotatable bonds is 9. The molecule has 0 saturated carbocycles. The zero-order valence-electron chi connectivity index (χ0n) is 17.1. The third kappa shape index (κ3) is 5.05. The molecular weight excluding hydrogens is 356 g/mol. The van der Waals surface area contributed by atoms with E-state index in [2.05, 4.69) is 78.2 Å². The maximum absolute atomic E-state index is 5.90. The van der Waals surface area contributed by atoms with Crippen LogP contribution in [0.5, 0.6) is 5.75 Å². The molecule has 148 valence electrons. The number of aryl methyl sites for hydroxylation is 4. The first-order valence-corrected chi connectivity index (χ1v) is 10.5. The fourth-order valence-electron chi connectivity index (χ4n) is 3.73. The molecule has 3 nitrogen and oxygen atoms in total. The zero-order valence-corrected chi connectivity index (χ0v) is 17.1. The van der Waals surface area contributed by atoms with Crippen molar-refractivity contribution < 1.29 is 4.74 Å². The quantitative estimate of drug-likeness (QED) is 0.331. The molecule has 0 atom stereocenters. The van der Waals surface area contributed by atoms with Crippen LogP contribution in [-0.4, -0.2) is 16.2 Å². The number of hydrogen-bond acceptors (Lipinski definition) is 2. The van der Waals surface area contributed by atoms with Crippen LogP contribution in [0.3, 0.4) is 0 Å². The van der Waals surface area contributed by atoms with Crippen molar-refractivity contribution in [1.82, 2.24) is 9.55 Å². The summed E-state index contributed by atoms with van der Waals surface area (Å²) in [6.07, 6.45) is 4.07. The first kappa shape index (κ1) is 19.3. The molecule has 4 aromatic rings. The van der Waals surface area contributed by atoms with Gasteiger partial charge in [0.1, 0.15) is 11.6 Å². The number of hydrogen-bond donors (Lipinski definition) is 0. The Bertz CT molecular complexity index is 1050. The monoisotopic (exact) mass is 384 g/mol. The molecule has 0 unspecified atom stereocenters. The van der Waals surface area contributed by atoms with Crippen LogP contribution in [0.2, 0.25) is 0 Å². The van der Waals surface area contributed by atoms with Crippen molar-refractivity contribution in [1.29, 1.82) is 0 Å². The average molecular weight is 385 g/mol. The molecule has 0 N–H and O–H groups in total. The molecule has 0 amide bonds. The van der Waals surface area contributed by atoms with E-state index in [1.54, 1.807) is 0 Å². The summed E-state index contributed by atoms with van der Waals surface area (Å²) >= 11 is 0. The van der Waals surface area contributed by atoms with Gasteiger partial charge in [0.25, 0.3) is 0 Å². The first-order valence-electron chi connectivity index (χ1n) is 10.5. The third-order valence-corrected chi connectivity index (χ3v) is 5.25. The summed E-state index contributed by atoms with van der Waals surface area (Å²) in [4.78, 5) is 4.92. The van der Waals surface area contributed by atoms with Crippen LogP contribution >= 0.6 is 0 Å². The maximum atomic E-state index is 5.90. The van der Waals surface area contributed by atoms with Gasteiger partial charge >= 0.3 is 0 Å². The average Bonchev–Trinajstić information content (AvgIpc) is 3.10. The molecule has 0 fully saturated rings. The molecule has 29 heavy (non-hydrogen) atoms. The fourth-order valence-corrected chi connectivity index (χ4v) is 3.73. The highest BCUT2D eigenvalue weighted by Crippen LogP contribution is 2.19. The van der Waals surface area contributed by atoms with E-state index < -0.39 is 0 Å². The van der Waals surface area contributed by atoms with Crippen LogP contribution in [0, 0.1) is 6.92 Å². The molecule has 3 heteroatoms. The van der Waals surface area contributed by atoms with Crippen LogP contribution in [0.4, 0.5) is 0 Å². The Hall–Kier alpha value is -3.07. The van der Waals surface area contributed by atoms with Gasteiger partial charge in [0.15, 0.2) is 0 Å². The third-order valence-electron chi connectivity index (χ3n) is 5.25. The predicted molar refractivity (Wildman–Crippen MR) is 119 cm³/mol. The van der Waals surface area contributed by atoms with E-state index >= 15 is 0 Å². The van der Waals surface area contributed by atoms with Crippen molar-refractivity contribution in [3.05, 3.63) is 95.8 Å². The topological polar surface area (TPSA) is 27.1 Å². The second-order valence-electron chi connectivity index (χ2n) is 7.53. The number of fused-ring (bicyclic) bond motifs is 1. The second kappa shape index (κ2) is 9.42. The molecule has 0 aliphatic rings. The molecule has 0 aliphatic heterocycles. The van der Waals surface area contributed by atoms with Gasteiger partial charge in [-0.2, -0.15) is 0 Å². The van der Waals surface area contributed by atoms with E-state index in [9.17, 15) is 0 Å². The highest BCUT2D eigenvalue weighted by molar-refractivity contribution is 5.75. The number of imidazole rings is 1. The largest absolute Gasteiger partial charge is 0.494 e. The van der Waals surface area contributed by atoms with Gasteiger partial charge in [-0.15, -0.1) is 0 Å². The Morgan fingerprint density at radius 2 is 1.66 bits per heavy atom. The van der Waals surface area contributed by atoms with E-state index in [0.717, 1.165) is 50.1 Å². The molecule has 1 aromatic heterocycles. The number of ether oxygens (including phenoxy) is 1. The Labute approximate surface area is 173 Å². The summed E-state index contributed by atoms with van der Waals surface area (Å²) in [6, 6.07) is 27.4. The van der Waals surface area contributed by atoms with E-state index in [1.807, 2.05) is 12.1 Å². The van der Waals surface area contributed by atoms with Gasteiger partial charge in [0, 0.05) is 13.0 Å². The van der Waals surface area contributed by atoms with E-state index in [-0.39, 0.29) is 0 Å². The summed E-state index contributed by atoms with van der Waals surface area (Å²) < 4.78 is 8.30. The van der Waals surface area contributed by atoms with E-state index in [1.165, 1.54) is 22.5 Å². The minimum absolute atomic E-state index is 0.745. The summed E-state index contributed by atoms with van der Waals surface area (Å²) in [5, 5.41) is 0. The molecule has 1 heterocycles. The Kier molecular flexibility index (Phi) is 6.25. The van der Waals surface area contributed by atoms with Crippen LogP contribution in [0.25, 0.3) is 11.0 Å². The summed E-state index contributed by atoms with van der Waals surface area (Å²) in [5.74, 6) is 2.14. The van der Waals surface area contributed by atoms with Crippen molar-refractivity contribution in [2.75, 3.05) is 6.61 Å². The number of unbranched alkanes of at least 4 members (excludes halogenated alkanes) is 1. The van der Waals surface area contributed by atoms with Crippen LogP contribution in [-0.2, 0) is 19.4 Å². The van der Waals surface area contributed by atoms with Gasteiger partial charge in [-0.05, 0) is 61.6 Å². The van der Waals surface area contributed by atoms with Gasteiger partial charge in [0.2, 0.25) is 0 Å². The Morgan fingerprint density at radius 1 is 0.828 bits per heavy atom. The highest BCUT2D eigenvalue weighted by Gasteiger charge is 2.10. The number of nitrogens with zero attached hydrogens (tertiary/aromatic N) is 2. The van der Waals surface area contributed by atoms with Gasteiger partial charge in [-0.1, -0.05) is 54.6 Å². The summed E-state index contributed by atoms with van der Waals surface area (Å²) in [5.41, 5.74) is 4.91. The van der Waals surface area contributed by atoms with Crippen molar-refractivity contribution in [2.45, 2.75) is 39.2 Å². The lowest BCUT2D eigenvalue weighted by Crippen LogP contribution is -2.07. The van der Waals surface area contributed by atoms with Gasteiger partial charge in [-0.3, -0.25) is 0 Å². The van der Waals surface area contributed by atoms with Gasteiger partial charge in [0.05, 0.1) is 17.6 Å². The van der Waals surface area contributed by atoms with Crippen molar-refractivity contribution in [3.8, 4) is 5.75 Å². The fraction of sp³-hybridized carbons (Fsp3) is 0.269. The Balaban J connectivity index is 1.37. The molecule has 4 rings (SSSR count). The van der Waals surface area contributed by atoms with E-state index in [4.69, 9.17) is 9.72 Å². The van der Waals surface area contributed by atoms with Crippen LogP contribution in [0.15, 0.2) is 78.9 Å². The van der Waals surface area contributed by atoms with Crippen molar-refractivity contribution in [3.63, 3.8) is 0 Å². The SMILES string of the molecule is Cc1cccc(OCCCCn2c(CCc3ccccc3)nc3ccccc32)c1. The van der Waals surface area contributed by atoms with Gasteiger partial charge < -0.3 is 9.30 Å². The number of para-hydroxylation sites is 2. The zero-order chi connectivity index (χ0) is 19.9. The first-order chi connectivity index (χ1) is 14.3. The standard InChI is InChI=1S/C26H28N2O/c1-21-10-9-13-23(20-21)29-19-8-7-18-28-25-15-6-5-14-24(25)27-26(28)17-16-22-11-3-2-4-12-22/h2-6,9-15,20H,7-8,16-19H2,1H3. The van der Waals surface area contributed by atoms with Crippen molar-refractivity contribution in [2.24, 2.45) is 0 Å². The molecule has 0 bridgehead atoms. The molecule has 0 aliphatic carbocycles. The minimum Gasteiger partial charge on any atom is -0.494 e. The molecular formula is C26H28N2O. The lowest BCUT2D eigenvalue weighted by Gasteiger charge is -2.10. The minimum atomic E-state index is 0.745. The van der Waals surface area contributed by atoms with Crippen LogP contribution < -0.4 is 4.74 Å². The second-order valence-corrected chi connectivity index (χ2v) is 7.53. The summed E-state index contributed by atoms with van der Waals surface area (Å²) in [6.45, 7) is 3.81. The summed E-state index contributed by atoms with van der Waals surface area (Å²) in [7, 11) is 0. The molecule has 3 aromatic carbocycles. The van der Waals surface area contributed by atoms with E-state index in [0.29, 0.717) is 0 Å². The number of aromatic nitrogens is 2. The Morgan fingerprint density at radius 3 is 2.52 bits per heavy atom.